The molecule has 4 heteroatoms. The number of benzene rings is 1. The molecule has 110 valence electrons. The molecule has 1 amide bonds. The Bertz CT molecular complexity index is 479. The average molecular weight is 339 g/mol. The minimum absolute atomic E-state index is 0.236. The summed E-state index contributed by atoms with van der Waals surface area (Å²) < 4.78 is 0.998. The van der Waals surface area contributed by atoms with Crippen LogP contribution in [0.3, 0.4) is 0 Å². The van der Waals surface area contributed by atoms with Gasteiger partial charge in [-0.15, -0.1) is 0 Å². The van der Waals surface area contributed by atoms with E-state index in [1.165, 1.54) is 0 Å². The van der Waals surface area contributed by atoms with Crippen LogP contribution in [-0.2, 0) is 4.79 Å². The van der Waals surface area contributed by atoms with Gasteiger partial charge in [0.1, 0.15) is 5.54 Å². The fourth-order valence-electron chi connectivity index (χ4n) is 3.08. The van der Waals surface area contributed by atoms with Gasteiger partial charge in [-0.3, -0.25) is 4.79 Å². The standard InChI is InChI=1S/C16H23BrN2O/c1-11(2)12-6-8-16(9-7-12,15(18)20)19-14-5-3-4-13(17)10-14/h3-5,10-12,19H,6-9H2,1-2H3,(H2,18,20). The molecule has 1 saturated carbocycles. The van der Waals surface area contributed by atoms with Crippen molar-refractivity contribution < 1.29 is 4.79 Å². The monoisotopic (exact) mass is 338 g/mol. The summed E-state index contributed by atoms with van der Waals surface area (Å²) in [5, 5.41) is 3.39. The zero-order valence-corrected chi connectivity index (χ0v) is 13.7. The number of hydrogen-bond acceptors (Lipinski definition) is 2. The van der Waals surface area contributed by atoms with E-state index in [2.05, 4.69) is 35.1 Å². The molecule has 1 aromatic carbocycles. The third-order valence-corrected chi connectivity index (χ3v) is 5.00. The van der Waals surface area contributed by atoms with E-state index in [9.17, 15) is 4.79 Å². The first-order chi connectivity index (χ1) is 9.43. The summed E-state index contributed by atoms with van der Waals surface area (Å²) in [5.74, 6) is 1.14. The van der Waals surface area contributed by atoms with Crippen LogP contribution in [-0.4, -0.2) is 11.4 Å². The first kappa shape index (κ1) is 15.4. The Hall–Kier alpha value is -1.03. The number of carbonyl (C=O) groups is 1. The van der Waals surface area contributed by atoms with E-state index >= 15 is 0 Å². The maximum atomic E-state index is 12.0. The molecule has 1 fully saturated rings. The summed E-state index contributed by atoms with van der Waals surface area (Å²) in [6, 6.07) is 7.89. The van der Waals surface area contributed by atoms with Gasteiger partial charge in [-0.1, -0.05) is 35.8 Å². The van der Waals surface area contributed by atoms with Gasteiger partial charge in [0.25, 0.3) is 0 Å². The molecule has 0 spiro atoms. The number of anilines is 1. The summed E-state index contributed by atoms with van der Waals surface area (Å²) in [5.41, 5.74) is 6.05. The number of hydrogen-bond donors (Lipinski definition) is 2. The van der Waals surface area contributed by atoms with E-state index in [0.717, 1.165) is 35.8 Å². The highest BCUT2D eigenvalue weighted by Gasteiger charge is 2.40. The maximum Gasteiger partial charge on any atom is 0.243 e. The highest BCUT2D eigenvalue weighted by atomic mass is 79.9. The molecule has 1 aliphatic rings. The Morgan fingerprint density at radius 2 is 2.05 bits per heavy atom. The van der Waals surface area contributed by atoms with Crippen molar-refractivity contribution in [1.29, 1.82) is 0 Å². The molecular weight excluding hydrogens is 316 g/mol. The van der Waals surface area contributed by atoms with E-state index in [4.69, 9.17) is 5.73 Å². The Morgan fingerprint density at radius 3 is 2.55 bits per heavy atom. The molecule has 0 unspecified atom stereocenters. The van der Waals surface area contributed by atoms with Crippen LogP contribution in [0.1, 0.15) is 39.5 Å². The molecule has 20 heavy (non-hydrogen) atoms. The molecular formula is C16H23BrN2O. The molecule has 1 aliphatic carbocycles. The number of nitrogens with two attached hydrogens (primary N) is 1. The van der Waals surface area contributed by atoms with Crippen LogP contribution in [0, 0.1) is 11.8 Å². The van der Waals surface area contributed by atoms with Crippen LogP contribution in [0.5, 0.6) is 0 Å². The topological polar surface area (TPSA) is 55.1 Å². The molecule has 3 nitrogen and oxygen atoms in total. The number of halogens is 1. The average Bonchev–Trinajstić information content (AvgIpc) is 2.39. The first-order valence-electron chi connectivity index (χ1n) is 7.26. The van der Waals surface area contributed by atoms with Gasteiger partial charge >= 0.3 is 0 Å². The van der Waals surface area contributed by atoms with Crippen molar-refractivity contribution >= 4 is 27.5 Å². The minimum Gasteiger partial charge on any atom is -0.371 e. The normalized spacial score (nSPS) is 26.5. The summed E-state index contributed by atoms with van der Waals surface area (Å²) in [7, 11) is 0. The largest absolute Gasteiger partial charge is 0.371 e. The Balaban J connectivity index is 2.14. The summed E-state index contributed by atoms with van der Waals surface area (Å²) in [4.78, 5) is 12.0. The molecule has 0 heterocycles. The van der Waals surface area contributed by atoms with E-state index in [1.807, 2.05) is 24.3 Å². The number of rotatable bonds is 4. The smallest absolute Gasteiger partial charge is 0.243 e. The fraction of sp³-hybridized carbons (Fsp3) is 0.562. The highest BCUT2D eigenvalue weighted by molar-refractivity contribution is 9.10. The van der Waals surface area contributed by atoms with Crippen molar-refractivity contribution in [3.8, 4) is 0 Å². The van der Waals surface area contributed by atoms with Gasteiger partial charge in [0.2, 0.25) is 5.91 Å². The zero-order valence-electron chi connectivity index (χ0n) is 12.2. The lowest BCUT2D eigenvalue weighted by molar-refractivity contribution is -0.123. The Labute approximate surface area is 129 Å². The van der Waals surface area contributed by atoms with E-state index in [0.29, 0.717) is 11.8 Å². The van der Waals surface area contributed by atoms with E-state index in [-0.39, 0.29) is 5.91 Å². The second kappa shape index (κ2) is 6.17. The first-order valence-corrected chi connectivity index (χ1v) is 8.06. The van der Waals surface area contributed by atoms with Crippen molar-refractivity contribution in [3.05, 3.63) is 28.7 Å². The van der Waals surface area contributed by atoms with Gasteiger partial charge in [0.05, 0.1) is 0 Å². The number of nitrogens with one attached hydrogen (secondary N) is 1. The van der Waals surface area contributed by atoms with Crippen LogP contribution in [0.15, 0.2) is 28.7 Å². The maximum absolute atomic E-state index is 12.0. The lowest BCUT2D eigenvalue weighted by atomic mass is 9.72. The van der Waals surface area contributed by atoms with Gasteiger partial charge in [-0.25, -0.2) is 0 Å². The van der Waals surface area contributed by atoms with Crippen LogP contribution in [0.4, 0.5) is 5.69 Å². The Kier molecular flexibility index (Phi) is 4.74. The predicted octanol–water partition coefficient (Wildman–Crippen LogP) is 3.93. The summed E-state index contributed by atoms with van der Waals surface area (Å²) in [6.45, 7) is 4.51. The zero-order chi connectivity index (χ0) is 14.8. The molecule has 0 atom stereocenters. The van der Waals surface area contributed by atoms with Crippen molar-refractivity contribution in [2.75, 3.05) is 5.32 Å². The second-order valence-electron chi connectivity index (χ2n) is 6.16. The van der Waals surface area contributed by atoms with Gasteiger partial charge in [-0.05, 0) is 55.7 Å². The Morgan fingerprint density at radius 1 is 1.40 bits per heavy atom. The second-order valence-corrected chi connectivity index (χ2v) is 7.08. The summed E-state index contributed by atoms with van der Waals surface area (Å²) in [6.07, 6.45) is 3.75. The molecule has 1 aromatic rings. The third-order valence-electron chi connectivity index (χ3n) is 4.51. The molecule has 0 radical (unpaired) electrons. The third kappa shape index (κ3) is 3.35. The number of primary amides is 1. The molecule has 0 saturated heterocycles. The van der Waals surface area contributed by atoms with Crippen LogP contribution >= 0.6 is 15.9 Å². The van der Waals surface area contributed by atoms with E-state index < -0.39 is 5.54 Å². The quantitative estimate of drug-likeness (QED) is 0.873. The van der Waals surface area contributed by atoms with Gasteiger partial charge < -0.3 is 11.1 Å². The molecule has 0 aliphatic heterocycles. The molecule has 2 rings (SSSR count). The minimum atomic E-state index is -0.591. The molecule has 0 aromatic heterocycles. The van der Waals surface area contributed by atoms with Crippen LogP contribution in [0.2, 0.25) is 0 Å². The van der Waals surface area contributed by atoms with Gasteiger partial charge in [0.15, 0.2) is 0 Å². The molecule has 3 N–H and O–H groups in total. The highest BCUT2D eigenvalue weighted by Crippen LogP contribution is 2.38. The van der Waals surface area contributed by atoms with Crippen molar-refractivity contribution in [2.45, 2.75) is 45.1 Å². The van der Waals surface area contributed by atoms with E-state index in [1.54, 1.807) is 0 Å². The SMILES string of the molecule is CC(C)C1CCC(Nc2cccc(Br)c2)(C(N)=O)CC1. The molecule has 0 bridgehead atoms. The van der Waals surface area contributed by atoms with Gasteiger partial charge in [0, 0.05) is 10.2 Å². The van der Waals surface area contributed by atoms with Crippen molar-refractivity contribution in [1.82, 2.24) is 0 Å². The lowest BCUT2D eigenvalue weighted by Crippen LogP contribution is -2.53. The predicted molar refractivity (Wildman–Crippen MR) is 86.5 cm³/mol. The summed E-state index contributed by atoms with van der Waals surface area (Å²) >= 11 is 3.45. The van der Waals surface area contributed by atoms with Crippen molar-refractivity contribution in [3.63, 3.8) is 0 Å². The van der Waals surface area contributed by atoms with Crippen LogP contribution < -0.4 is 11.1 Å². The van der Waals surface area contributed by atoms with Gasteiger partial charge in [-0.2, -0.15) is 0 Å². The lowest BCUT2D eigenvalue weighted by Gasteiger charge is -2.40. The van der Waals surface area contributed by atoms with Crippen molar-refractivity contribution in [2.24, 2.45) is 17.6 Å². The van der Waals surface area contributed by atoms with Crippen LogP contribution in [0.25, 0.3) is 0 Å². The number of carbonyl (C=O) groups excluding carboxylic acids is 1. The number of amides is 1. The fourth-order valence-corrected chi connectivity index (χ4v) is 3.47.